The highest BCUT2D eigenvalue weighted by molar-refractivity contribution is 5.94. The van der Waals surface area contributed by atoms with Gasteiger partial charge in [-0.15, -0.1) is 0 Å². The van der Waals surface area contributed by atoms with Crippen LogP contribution in [-0.2, 0) is 4.79 Å². The van der Waals surface area contributed by atoms with Crippen LogP contribution >= 0.6 is 0 Å². The van der Waals surface area contributed by atoms with Gasteiger partial charge in [-0.25, -0.2) is 4.79 Å². The number of nitrogens with one attached hydrogen (secondary N) is 1. The third-order valence-corrected chi connectivity index (χ3v) is 1.61. The standard InChI is InChI=1S/C9H18N2O2/c1-6(5-9(2,3)4)7(12)11-8(10)13/h6H,5H2,1-4H3,(H3,10,11,12,13)/t6-/m1/s1. The van der Waals surface area contributed by atoms with Crippen LogP contribution in [0.5, 0.6) is 0 Å². The molecular weight excluding hydrogens is 168 g/mol. The van der Waals surface area contributed by atoms with Crippen molar-refractivity contribution in [1.82, 2.24) is 5.32 Å². The van der Waals surface area contributed by atoms with Gasteiger partial charge in [0.05, 0.1) is 0 Å². The van der Waals surface area contributed by atoms with Crippen molar-refractivity contribution in [1.29, 1.82) is 0 Å². The Hall–Kier alpha value is -1.06. The fraction of sp³-hybridized carbons (Fsp3) is 0.778. The molecule has 0 aromatic heterocycles. The van der Waals surface area contributed by atoms with Crippen LogP contribution in [0.3, 0.4) is 0 Å². The summed E-state index contributed by atoms with van der Waals surface area (Å²) in [5.41, 5.74) is 4.90. The van der Waals surface area contributed by atoms with Crippen LogP contribution in [0, 0.1) is 11.3 Å². The predicted octanol–water partition coefficient (Wildman–Crippen LogP) is 1.25. The van der Waals surface area contributed by atoms with Gasteiger partial charge in [-0.05, 0) is 11.8 Å². The molecule has 0 bridgehead atoms. The second kappa shape index (κ2) is 4.25. The van der Waals surface area contributed by atoms with Crippen LogP contribution in [0.25, 0.3) is 0 Å². The van der Waals surface area contributed by atoms with Gasteiger partial charge in [-0.3, -0.25) is 10.1 Å². The first-order valence-electron chi connectivity index (χ1n) is 4.32. The Kier molecular flexibility index (Phi) is 3.91. The molecule has 0 aliphatic carbocycles. The molecule has 0 heterocycles. The number of imide groups is 1. The number of primary amides is 1. The smallest absolute Gasteiger partial charge is 0.318 e. The van der Waals surface area contributed by atoms with Crippen molar-refractivity contribution in [3.8, 4) is 0 Å². The zero-order valence-electron chi connectivity index (χ0n) is 8.68. The molecule has 0 radical (unpaired) electrons. The number of carbonyl (C=O) groups excluding carboxylic acids is 2. The SMILES string of the molecule is C[C@H](CC(C)(C)C)C(=O)NC(N)=O. The molecule has 1 atom stereocenters. The second-order valence-electron chi connectivity index (χ2n) is 4.52. The van der Waals surface area contributed by atoms with Crippen LogP contribution < -0.4 is 11.1 Å². The van der Waals surface area contributed by atoms with Crippen molar-refractivity contribution < 1.29 is 9.59 Å². The van der Waals surface area contributed by atoms with Crippen LogP contribution in [0.4, 0.5) is 4.79 Å². The lowest BCUT2D eigenvalue weighted by molar-refractivity contribution is -0.124. The molecule has 13 heavy (non-hydrogen) atoms. The van der Waals surface area contributed by atoms with E-state index in [2.05, 4.69) is 5.32 Å². The zero-order chi connectivity index (χ0) is 10.6. The van der Waals surface area contributed by atoms with E-state index in [0.29, 0.717) is 0 Å². The number of hydrogen-bond acceptors (Lipinski definition) is 2. The van der Waals surface area contributed by atoms with Crippen molar-refractivity contribution in [2.45, 2.75) is 34.1 Å². The van der Waals surface area contributed by atoms with Crippen molar-refractivity contribution in [2.24, 2.45) is 17.1 Å². The molecule has 76 valence electrons. The first kappa shape index (κ1) is 11.9. The minimum Gasteiger partial charge on any atom is -0.351 e. The topological polar surface area (TPSA) is 72.2 Å². The van der Waals surface area contributed by atoms with Gasteiger partial charge in [-0.2, -0.15) is 0 Å². The lowest BCUT2D eigenvalue weighted by Crippen LogP contribution is -2.39. The number of rotatable bonds is 2. The summed E-state index contributed by atoms with van der Waals surface area (Å²) in [5, 5.41) is 2.07. The molecule has 0 aromatic carbocycles. The lowest BCUT2D eigenvalue weighted by Gasteiger charge is -2.21. The third-order valence-electron chi connectivity index (χ3n) is 1.61. The Morgan fingerprint density at radius 3 is 2.15 bits per heavy atom. The molecule has 4 heteroatoms. The van der Waals surface area contributed by atoms with E-state index in [4.69, 9.17) is 5.73 Å². The highest BCUT2D eigenvalue weighted by Crippen LogP contribution is 2.23. The Bertz CT molecular complexity index is 206. The summed E-state index contributed by atoms with van der Waals surface area (Å²) in [5.74, 6) is -0.491. The maximum Gasteiger partial charge on any atom is 0.318 e. The molecule has 0 saturated heterocycles. The van der Waals surface area contributed by atoms with E-state index < -0.39 is 6.03 Å². The number of hydrogen-bond donors (Lipinski definition) is 2. The normalized spacial score (nSPS) is 13.5. The average molecular weight is 186 g/mol. The van der Waals surface area contributed by atoms with Crippen molar-refractivity contribution in [3.05, 3.63) is 0 Å². The Morgan fingerprint density at radius 2 is 1.85 bits per heavy atom. The molecule has 0 fully saturated rings. The molecule has 0 unspecified atom stereocenters. The van der Waals surface area contributed by atoms with E-state index in [1.165, 1.54) is 0 Å². The second-order valence-corrected chi connectivity index (χ2v) is 4.52. The quantitative estimate of drug-likeness (QED) is 0.681. The maximum atomic E-state index is 11.2. The summed E-state index contributed by atoms with van der Waals surface area (Å²) in [6.07, 6.45) is 0.728. The fourth-order valence-corrected chi connectivity index (χ4v) is 1.26. The van der Waals surface area contributed by atoms with Crippen LogP contribution in [-0.4, -0.2) is 11.9 Å². The predicted molar refractivity (Wildman–Crippen MR) is 51.0 cm³/mol. The molecule has 0 spiro atoms. The Labute approximate surface area is 78.9 Å². The van der Waals surface area contributed by atoms with E-state index in [9.17, 15) is 9.59 Å². The van der Waals surface area contributed by atoms with Gasteiger partial charge in [0.2, 0.25) is 5.91 Å². The molecule has 4 nitrogen and oxygen atoms in total. The summed E-state index contributed by atoms with van der Waals surface area (Å²) in [7, 11) is 0. The molecule has 0 aliphatic heterocycles. The number of carbonyl (C=O) groups is 2. The van der Waals surface area contributed by atoms with Gasteiger partial charge in [0, 0.05) is 5.92 Å². The summed E-state index contributed by atoms with van der Waals surface area (Å²) in [6, 6.07) is -0.786. The van der Waals surface area contributed by atoms with E-state index in [1.54, 1.807) is 6.92 Å². The average Bonchev–Trinajstić information content (AvgIpc) is 1.81. The van der Waals surface area contributed by atoms with Gasteiger partial charge >= 0.3 is 6.03 Å². The number of urea groups is 1. The van der Waals surface area contributed by atoms with E-state index in [-0.39, 0.29) is 17.2 Å². The summed E-state index contributed by atoms with van der Waals surface area (Å²) < 4.78 is 0. The van der Waals surface area contributed by atoms with Crippen molar-refractivity contribution in [2.75, 3.05) is 0 Å². The monoisotopic (exact) mass is 186 g/mol. The van der Waals surface area contributed by atoms with Crippen molar-refractivity contribution in [3.63, 3.8) is 0 Å². The van der Waals surface area contributed by atoms with Gasteiger partial charge in [0.15, 0.2) is 0 Å². The molecule has 0 rings (SSSR count). The van der Waals surface area contributed by atoms with Gasteiger partial charge < -0.3 is 5.73 Å². The van der Waals surface area contributed by atoms with Gasteiger partial charge in [-0.1, -0.05) is 27.7 Å². The summed E-state index contributed by atoms with van der Waals surface area (Å²) in [4.78, 5) is 21.6. The zero-order valence-corrected chi connectivity index (χ0v) is 8.68. The maximum absolute atomic E-state index is 11.2. The van der Waals surface area contributed by atoms with Gasteiger partial charge in [0.25, 0.3) is 0 Å². The highest BCUT2D eigenvalue weighted by atomic mass is 16.2. The molecule has 3 N–H and O–H groups in total. The van der Waals surface area contributed by atoms with E-state index in [1.807, 2.05) is 20.8 Å². The number of nitrogens with two attached hydrogens (primary N) is 1. The summed E-state index contributed by atoms with van der Waals surface area (Å²) >= 11 is 0. The largest absolute Gasteiger partial charge is 0.351 e. The lowest BCUT2D eigenvalue weighted by atomic mass is 9.85. The van der Waals surface area contributed by atoms with Gasteiger partial charge in [0.1, 0.15) is 0 Å². The minimum absolute atomic E-state index is 0.0778. The number of amides is 3. The first-order valence-corrected chi connectivity index (χ1v) is 4.32. The van der Waals surface area contributed by atoms with E-state index in [0.717, 1.165) is 6.42 Å². The fourth-order valence-electron chi connectivity index (χ4n) is 1.26. The Balaban J connectivity index is 4.04. The first-order chi connectivity index (χ1) is 5.72. The molecule has 0 aliphatic rings. The minimum atomic E-state index is -0.786. The molecular formula is C9H18N2O2. The Morgan fingerprint density at radius 1 is 1.38 bits per heavy atom. The molecule has 3 amide bonds. The third kappa shape index (κ3) is 6.13. The van der Waals surface area contributed by atoms with Crippen LogP contribution in [0.15, 0.2) is 0 Å². The highest BCUT2D eigenvalue weighted by Gasteiger charge is 2.21. The van der Waals surface area contributed by atoms with E-state index >= 15 is 0 Å². The van der Waals surface area contributed by atoms with Crippen molar-refractivity contribution >= 4 is 11.9 Å². The molecule has 0 saturated carbocycles. The van der Waals surface area contributed by atoms with Crippen LogP contribution in [0.1, 0.15) is 34.1 Å². The summed E-state index contributed by atoms with van der Waals surface area (Å²) in [6.45, 7) is 7.91. The van der Waals surface area contributed by atoms with Crippen LogP contribution in [0.2, 0.25) is 0 Å². The molecule has 0 aromatic rings.